The maximum atomic E-state index is 13.0. The van der Waals surface area contributed by atoms with E-state index in [9.17, 15) is 22.8 Å². The number of rotatable bonds is 2. The normalized spacial score (nSPS) is 22.4. The van der Waals surface area contributed by atoms with E-state index < -0.39 is 36.6 Å². The van der Waals surface area contributed by atoms with Crippen molar-refractivity contribution < 1.29 is 27.9 Å². The van der Waals surface area contributed by atoms with Gasteiger partial charge in [-0.05, 0) is 11.6 Å². The first kappa shape index (κ1) is 15.0. The van der Waals surface area contributed by atoms with Gasteiger partial charge in [-0.25, -0.2) is 4.79 Å². The van der Waals surface area contributed by atoms with Crippen molar-refractivity contribution in [2.75, 3.05) is 18.4 Å². The third kappa shape index (κ3) is 2.60. The van der Waals surface area contributed by atoms with E-state index in [1.165, 1.54) is 7.05 Å². The van der Waals surface area contributed by atoms with E-state index in [4.69, 9.17) is 5.11 Å². The van der Waals surface area contributed by atoms with Crippen LogP contribution in [0.5, 0.6) is 0 Å². The lowest BCUT2D eigenvalue weighted by atomic mass is 9.86. The second-order valence-corrected chi connectivity index (χ2v) is 4.59. The van der Waals surface area contributed by atoms with Crippen molar-refractivity contribution in [1.29, 1.82) is 0 Å². The summed E-state index contributed by atoms with van der Waals surface area (Å²) in [6, 6.07) is -0.907. The van der Waals surface area contributed by atoms with Gasteiger partial charge in [0.2, 0.25) is 0 Å². The third-order valence-electron chi connectivity index (χ3n) is 3.24. The van der Waals surface area contributed by atoms with Crippen molar-refractivity contribution in [3.05, 3.63) is 0 Å². The Kier molecular flexibility index (Phi) is 3.47. The number of hydrogen-bond acceptors (Lipinski definition) is 5. The molecule has 2 heterocycles. The predicted molar refractivity (Wildman–Crippen MR) is 60.1 cm³/mol. The Morgan fingerprint density at radius 2 is 2.10 bits per heavy atom. The van der Waals surface area contributed by atoms with Crippen LogP contribution < -0.4 is 5.32 Å². The molecule has 0 aliphatic carbocycles. The zero-order valence-electron chi connectivity index (χ0n) is 10.8. The standard InChI is InChI=1S/C9H11F3N6O3/c1-17-15-6(14-16-17)13-7(21)18-3-2-8(4-18,5(19)20)9(10,11)12/h2-4H2,1H3,(H,19,20)(H,13,15,21). The molecule has 116 valence electrons. The summed E-state index contributed by atoms with van der Waals surface area (Å²) in [5.41, 5.74) is -2.94. The van der Waals surface area contributed by atoms with Gasteiger partial charge in [0.15, 0.2) is 5.41 Å². The van der Waals surface area contributed by atoms with E-state index >= 15 is 0 Å². The van der Waals surface area contributed by atoms with Crippen LogP contribution in [0.4, 0.5) is 23.9 Å². The Labute approximate surface area is 115 Å². The van der Waals surface area contributed by atoms with E-state index in [1.54, 1.807) is 0 Å². The van der Waals surface area contributed by atoms with Gasteiger partial charge in [0, 0.05) is 13.1 Å². The minimum absolute atomic E-state index is 0.178. The molecule has 0 bridgehead atoms. The number of carbonyl (C=O) groups is 2. The Bertz CT molecular complexity index is 573. The highest BCUT2D eigenvalue weighted by molar-refractivity contribution is 5.88. The van der Waals surface area contributed by atoms with Crippen molar-refractivity contribution in [3.8, 4) is 0 Å². The number of carboxylic acid groups (broad SMARTS) is 1. The number of nitrogens with one attached hydrogen (secondary N) is 1. The average Bonchev–Trinajstić information content (AvgIpc) is 2.95. The molecule has 0 aromatic carbocycles. The van der Waals surface area contributed by atoms with Gasteiger partial charge in [0.05, 0.1) is 7.05 Å². The number of aryl methyl sites for hydroxylation is 1. The first-order chi connectivity index (χ1) is 9.65. The van der Waals surface area contributed by atoms with E-state index in [-0.39, 0.29) is 12.5 Å². The van der Waals surface area contributed by atoms with E-state index in [1.807, 2.05) is 0 Å². The first-order valence-electron chi connectivity index (χ1n) is 5.76. The maximum absolute atomic E-state index is 13.0. The van der Waals surface area contributed by atoms with Crippen LogP contribution in [0.15, 0.2) is 0 Å². The van der Waals surface area contributed by atoms with Crippen molar-refractivity contribution in [3.63, 3.8) is 0 Å². The van der Waals surface area contributed by atoms with Gasteiger partial charge in [-0.1, -0.05) is 5.10 Å². The summed E-state index contributed by atoms with van der Waals surface area (Å²) in [5.74, 6) is -2.18. The first-order valence-corrected chi connectivity index (χ1v) is 5.76. The molecule has 1 saturated heterocycles. The van der Waals surface area contributed by atoms with E-state index in [0.29, 0.717) is 0 Å². The summed E-state index contributed by atoms with van der Waals surface area (Å²) in [7, 11) is 1.44. The monoisotopic (exact) mass is 308 g/mol. The number of alkyl halides is 3. The highest BCUT2D eigenvalue weighted by atomic mass is 19.4. The lowest BCUT2D eigenvalue weighted by Gasteiger charge is -2.27. The molecule has 0 saturated carbocycles. The molecule has 0 radical (unpaired) electrons. The van der Waals surface area contributed by atoms with Gasteiger partial charge >= 0.3 is 18.2 Å². The molecule has 1 aromatic rings. The SMILES string of the molecule is Cn1nnc(NC(=O)N2CCC(C(=O)O)(C(F)(F)F)C2)n1. The molecule has 1 aliphatic rings. The second-order valence-electron chi connectivity index (χ2n) is 4.59. The van der Waals surface area contributed by atoms with E-state index in [0.717, 1.165) is 9.70 Å². The third-order valence-corrected chi connectivity index (χ3v) is 3.24. The number of aromatic nitrogens is 4. The van der Waals surface area contributed by atoms with Crippen molar-refractivity contribution in [1.82, 2.24) is 25.1 Å². The number of amides is 2. The molecular formula is C9H11F3N6O3. The largest absolute Gasteiger partial charge is 0.481 e. The lowest BCUT2D eigenvalue weighted by molar-refractivity contribution is -0.226. The number of urea groups is 1. The smallest absolute Gasteiger partial charge is 0.406 e. The summed E-state index contributed by atoms with van der Waals surface area (Å²) in [4.78, 5) is 24.6. The van der Waals surface area contributed by atoms with Gasteiger partial charge in [0.25, 0.3) is 5.95 Å². The molecule has 1 unspecified atom stereocenters. The molecule has 2 amide bonds. The fourth-order valence-electron chi connectivity index (χ4n) is 2.02. The maximum Gasteiger partial charge on any atom is 0.406 e. The van der Waals surface area contributed by atoms with Gasteiger partial charge in [-0.2, -0.15) is 18.0 Å². The highest BCUT2D eigenvalue weighted by Crippen LogP contribution is 2.45. The Morgan fingerprint density at radius 1 is 1.43 bits per heavy atom. The Hall–Kier alpha value is -2.40. The van der Waals surface area contributed by atoms with Crippen LogP contribution in [0.1, 0.15) is 6.42 Å². The molecule has 9 nitrogen and oxygen atoms in total. The second kappa shape index (κ2) is 4.86. The zero-order valence-corrected chi connectivity index (χ0v) is 10.8. The molecule has 1 fully saturated rings. The topological polar surface area (TPSA) is 113 Å². The minimum Gasteiger partial charge on any atom is -0.481 e. The van der Waals surface area contributed by atoms with Gasteiger partial charge < -0.3 is 10.0 Å². The fraction of sp³-hybridized carbons (Fsp3) is 0.667. The van der Waals surface area contributed by atoms with Crippen LogP contribution in [0.2, 0.25) is 0 Å². The number of tetrazole rings is 1. The Morgan fingerprint density at radius 3 is 2.52 bits per heavy atom. The van der Waals surface area contributed by atoms with Crippen LogP contribution in [-0.4, -0.2) is 61.5 Å². The van der Waals surface area contributed by atoms with Gasteiger partial charge in [-0.3, -0.25) is 10.1 Å². The summed E-state index contributed by atoms with van der Waals surface area (Å²) in [5, 5.41) is 21.6. The molecule has 1 aromatic heterocycles. The van der Waals surface area contributed by atoms with Crippen LogP contribution >= 0.6 is 0 Å². The summed E-state index contributed by atoms with van der Waals surface area (Å²) < 4.78 is 38.9. The molecule has 1 aliphatic heterocycles. The minimum atomic E-state index is -4.95. The van der Waals surface area contributed by atoms with Crippen LogP contribution in [0.25, 0.3) is 0 Å². The van der Waals surface area contributed by atoms with Gasteiger partial charge in [-0.15, -0.1) is 5.10 Å². The van der Waals surface area contributed by atoms with Crippen LogP contribution in [-0.2, 0) is 11.8 Å². The molecule has 12 heteroatoms. The molecule has 1 atom stereocenters. The van der Waals surface area contributed by atoms with Crippen molar-refractivity contribution in [2.24, 2.45) is 12.5 Å². The fourth-order valence-corrected chi connectivity index (χ4v) is 2.02. The lowest BCUT2D eigenvalue weighted by Crippen LogP contribution is -2.48. The molecule has 2 N–H and O–H groups in total. The molecular weight excluding hydrogens is 297 g/mol. The highest BCUT2D eigenvalue weighted by Gasteiger charge is 2.64. The number of halogens is 3. The number of aliphatic carboxylic acids is 1. The molecule has 21 heavy (non-hydrogen) atoms. The summed E-state index contributed by atoms with van der Waals surface area (Å²) in [6.07, 6.45) is -5.65. The van der Waals surface area contributed by atoms with Gasteiger partial charge in [0.1, 0.15) is 0 Å². The zero-order chi connectivity index (χ0) is 15.8. The Balaban J connectivity index is 2.10. The summed E-state index contributed by atoms with van der Waals surface area (Å²) >= 11 is 0. The summed E-state index contributed by atoms with van der Waals surface area (Å²) in [6.45, 7) is -1.30. The van der Waals surface area contributed by atoms with Crippen LogP contribution in [0.3, 0.4) is 0 Å². The van der Waals surface area contributed by atoms with E-state index in [2.05, 4.69) is 20.7 Å². The number of carbonyl (C=O) groups excluding carboxylic acids is 1. The quantitative estimate of drug-likeness (QED) is 0.800. The number of carboxylic acids is 1. The van der Waals surface area contributed by atoms with Crippen molar-refractivity contribution >= 4 is 17.9 Å². The number of likely N-dealkylation sites (tertiary alicyclic amines) is 1. The number of hydrogen-bond donors (Lipinski definition) is 2. The average molecular weight is 308 g/mol. The van der Waals surface area contributed by atoms with Crippen molar-refractivity contribution in [2.45, 2.75) is 12.6 Å². The molecule has 2 rings (SSSR count). The number of anilines is 1. The predicted octanol–water partition coefficient (Wildman–Crippen LogP) is 0.0810. The molecule has 0 spiro atoms. The van der Waals surface area contributed by atoms with Crippen LogP contribution in [0, 0.1) is 5.41 Å². The number of nitrogens with zero attached hydrogens (tertiary/aromatic N) is 5.